The van der Waals surface area contributed by atoms with E-state index in [1.165, 1.54) is 35.6 Å². The van der Waals surface area contributed by atoms with Crippen LogP contribution in [0.4, 0.5) is 10.1 Å². The number of carboxylic acids is 1. The van der Waals surface area contributed by atoms with Crippen molar-refractivity contribution >= 4 is 23.0 Å². The lowest BCUT2D eigenvalue weighted by Gasteiger charge is -2.13. The van der Waals surface area contributed by atoms with Crippen molar-refractivity contribution in [1.29, 1.82) is 0 Å². The molecule has 2 aromatic rings. The second-order valence-electron chi connectivity index (χ2n) is 3.75. The van der Waals surface area contributed by atoms with E-state index in [2.05, 4.69) is 10.3 Å². The summed E-state index contributed by atoms with van der Waals surface area (Å²) in [5.41, 5.74) is 1.32. The third kappa shape index (κ3) is 2.84. The molecule has 1 aromatic carbocycles. The number of aryl methyl sites for hydroxylation is 1. The highest BCUT2D eigenvalue weighted by molar-refractivity contribution is 7.09. The summed E-state index contributed by atoms with van der Waals surface area (Å²) < 4.78 is 12.8. The first-order valence-electron chi connectivity index (χ1n) is 5.23. The van der Waals surface area contributed by atoms with E-state index >= 15 is 0 Å². The molecule has 0 saturated carbocycles. The number of hydrogen-bond acceptors (Lipinski definition) is 4. The summed E-state index contributed by atoms with van der Waals surface area (Å²) >= 11 is 1.28. The van der Waals surface area contributed by atoms with Crippen LogP contribution in [0.25, 0.3) is 0 Å². The lowest BCUT2D eigenvalue weighted by molar-refractivity contribution is -0.138. The van der Waals surface area contributed by atoms with Crippen molar-refractivity contribution in [2.24, 2.45) is 0 Å². The minimum absolute atomic E-state index is 0.363. The fourth-order valence-electron chi connectivity index (χ4n) is 1.45. The summed E-state index contributed by atoms with van der Waals surface area (Å²) in [5.74, 6) is -1.38. The average molecular weight is 266 g/mol. The third-order valence-electron chi connectivity index (χ3n) is 2.29. The van der Waals surface area contributed by atoms with E-state index in [1.54, 1.807) is 12.3 Å². The van der Waals surface area contributed by atoms with E-state index in [4.69, 9.17) is 0 Å². The Labute approximate surface area is 107 Å². The molecule has 2 N–H and O–H groups in total. The molecular weight excluding hydrogens is 255 g/mol. The third-order valence-corrected chi connectivity index (χ3v) is 3.31. The first-order chi connectivity index (χ1) is 8.56. The van der Waals surface area contributed by atoms with Gasteiger partial charge in [0.25, 0.3) is 0 Å². The van der Waals surface area contributed by atoms with Crippen molar-refractivity contribution in [3.05, 3.63) is 46.2 Å². The molecule has 1 heterocycles. The highest BCUT2D eigenvalue weighted by atomic mass is 32.1. The Bertz CT molecular complexity index is 553. The first-order valence-corrected chi connectivity index (χ1v) is 6.11. The van der Waals surface area contributed by atoms with Gasteiger partial charge in [-0.15, -0.1) is 11.3 Å². The molecule has 1 aromatic heterocycles. The second-order valence-corrected chi connectivity index (χ2v) is 4.64. The van der Waals surface area contributed by atoms with Crippen LogP contribution in [0.3, 0.4) is 0 Å². The van der Waals surface area contributed by atoms with Crippen LogP contribution in [0.1, 0.15) is 16.7 Å². The van der Waals surface area contributed by atoms with Gasteiger partial charge in [0.05, 0.1) is 0 Å². The van der Waals surface area contributed by atoms with Gasteiger partial charge in [-0.1, -0.05) is 0 Å². The monoisotopic (exact) mass is 266 g/mol. The zero-order valence-corrected chi connectivity index (χ0v) is 10.4. The molecule has 18 heavy (non-hydrogen) atoms. The summed E-state index contributed by atoms with van der Waals surface area (Å²) in [6.07, 6.45) is 0. The van der Waals surface area contributed by atoms with E-state index in [0.717, 1.165) is 5.69 Å². The van der Waals surface area contributed by atoms with Crippen LogP contribution in [0, 0.1) is 12.7 Å². The van der Waals surface area contributed by atoms with Gasteiger partial charge in [0.2, 0.25) is 0 Å². The highest BCUT2D eigenvalue weighted by Crippen LogP contribution is 2.23. The van der Waals surface area contributed by atoms with Crippen molar-refractivity contribution in [3.63, 3.8) is 0 Å². The summed E-state index contributed by atoms with van der Waals surface area (Å²) in [6.45, 7) is 1.80. The molecule has 0 aliphatic heterocycles. The quantitative estimate of drug-likeness (QED) is 0.893. The number of carboxylic acid groups (broad SMARTS) is 1. The van der Waals surface area contributed by atoms with E-state index < -0.39 is 12.0 Å². The number of benzene rings is 1. The standard InChI is InChI=1S/C12H11FN2O2S/c1-7-6-18-11(14-7)10(12(16)17)15-9-4-2-8(13)3-5-9/h2-6,10,15H,1H3,(H,16,17). The minimum atomic E-state index is -1.02. The number of aliphatic carboxylic acids is 1. The fourth-order valence-corrected chi connectivity index (χ4v) is 2.28. The number of rotatable bonds is 4. The van der Waals surface area contributed by atoms with Gasteiger partial charge in [-0.25, -0.2) is 14.2 Å². The van der Waals surface area contributed by atoms with Gasteiger partial charge >= 0.3 is 5.97 Å². The zero-order valence-electron chi connectivity index (χ0n) is 9.55. The minimum Gasteiger partial charge on any atom is -0.479 e. The normalized spacial score (nSPS) is 12.1. The summed E-state index contributed by atoms with van der Waals surface area (Å²) in [6, 6.07) is 4.61. The SMILES string of the molecule is Cc1csc(C(Nc2ccc(F)cc2)C(=O)O)n1. The highest BCUT2D eigenvalue weighted by Gasteiger charge is 2.22. The van der Waals surface area contributed by atoms with Crippen LogP contribution >= 0.6 is 11.3 Å². The van der Waals surface area contributed by atoms with Crippen LogP contribution in [0.2, 0.25) is 0 Å². The van der Waals surface area contributed by atoms with Crippen LogP contribution in [0.5, 0.6) is 0 Å². The number of aromatic nitrogens is 1. The van der Waals surface area contributed by atoms with E-state index in [-0.39, 0.29) is 5.82 Å². The van der Waals surface area contributed by atoms with Gasteiger partial charge in [0.1, 0.15) is 10.8 Å². The molecule has 4 nitrogen and oxygen atoms in total. The molecule has 0 fully saturated rings. The van der Waals surface area contributed by atoms with Crippen molar-refractivity contribution in [3.8, 4) is 0 Å². The number of carbonyl (C=O) groups is 1. The van der Waals surface area contributed by atoms with Crippen LogP contribution in [-0.4, -0.2) is 16.1 Å². The maximum Gasteiger partial charge on any atom is 0.333 e. The van der Waals surface area contributed by atoms with E-state index in [0.29, 0.717) is 10.7 Å². The Morgan fingerprint density at radius 1 is 1.44 bits per heavy atom. The largest absolute Gasteiger partial charge is 0.479 e. The molecule has 0 spiro atoms. The number of hydrogen-bond donors (Lipinski definition) is 2. The van der Waals surface area contributed by atoms with Gasteiger partial charge in [0.15, 0.2) is 6.04 Å². The van der Waals surface area contributed by atoms with Gasteiger partial charge in [-0.05, 0) is 31.2 Å². The topological polar surface area (TPSA) is 62.2 Å². The molecule has 0 bridgehead atoms. The average Bonchev–Trinajstić information content (AvgIpc) is 2.74. The molecule has 2 rings (SSSR count). The Kier molecular flexibility index (Phi) is 3.57. The Balaban J connectivity index is 2.22. The van der Waals surface area contributed by atoms with Gasteiger partial charge in [-0.2, -0.15) is 0 Å². The molecule has 0 aliphatic carbocycles. The summed E-state index contributed by atoms with van der Waals surface area (Å²) in [5, 5.41) is 14.3. The van der Waals surface area contributed by atoms with Gasteiger partial charge < -0.3 is 10.4 Å². The van der Waals surface area contributed by atoms with Crippen LogP contribution in [0.15, 0.2) is 29.6 Å². The Morgan fingerprint density at radius 2 is 2.11 bits per heavy atom. The molecule has 94 valence electrons. The van der Waals surface area contributed by atoms with E-state index in [9.17, 15) is 14.3 Å². The zero-order chi connectivity index (χ0) is 13.1. The Hall–Kier alpha value is -1.95. The van der Waals surface area contributed by atoms with Gasteiger partial charge in [0, 0.05) is 16.8 Å². The molecule has 0 radical (unpaired) electrons. The Morgan fingerprint density at radius 3 is 2.61 bits per heavy atom. The lowest BCUT2D eigenvalue weighted by Crippen LogP contribution is -2.20. The number of halogens is 1. The number of anilines is 1. The molecule has 1 atom stereocenters. The summed E-state index contributed by atoms with van der Waals surface area (Å²) in [4.78, 5) is 15.4. The number of thiazole rings is 1. The first kappa shape index (κ1) is 12.5. The van der Waals surface area contributed by atoms with E-state index in [1.807, 2.05) is 0 Å². The lowest BCUT2D eigenvalue weighted by atomic mass is 10.2. The van der Waals surface area contributed by atoms with Crippen molar-refractivity contribution in [2.45, 2.75) is 13.0 Å². The van der Waals surface area contributed by atoms with Crippen LogP contribution in [-0.2, 0) is 4.79 Å². The molecule has 0 amide bonds. The second kappa shape index (κ2) is 5.14. The van der Waals surface area contributed by atoms with Crippen molar-refractivity contribution in [1.82, 2.24) is 4.98 Å². The molecule has 6 heteroatoms. The fraction of sp³-hybridized carbons (Fsp3) is 0.167. The van der Waals surface area contributed by atoms with Crippen molar-refractivity contribution in [2.75, 3.05) is 5.32 Å². The van der Waals surface area contributed by atoms with Crippen molar-refractivity contribution < 1.29 is 14.3 Å². The molecule has 0 aliphatic rings. The number of nitrogens with zero attached hydrogens (tertiary/aromatic N) is 1. The predicted molar refractivity (Wildman–Crippen MR) is 67.3 cm³/mol. The molecule has 0 saturated heterocycles. The molecule has 1 unspecified atom stereocenters. The predicted octanol–water partition coefficient (Wildman–Crippen LogP) is 2.83. The smallest absolute Gasteiger partial charge is 0.333 e. The summed E-state index contributed by atoms with van der Waals surface area (Å²) in [7, 11) is 0. The maximum absolute atomic E-state index is 12.8. The van der Waals surface area contributed by atoms with Crippen LogP contribution < -0.4 is 5.32 Å². The number of nitrogens with one attached hydrogen (secondary N) is 1. The molecular formula is C12H11FN2O2S. The van der Waals surface area contributed by atoms with Gasteiger partial charge in [-0.3, -0.25) is 0 Å². The maximum atomic E-state index is 12.8.